The summed E-state index contributed by atoms with van der Waals surface area (Å²) in [5, 5.41) is 0. The summed E-state index contributed by atoms with van der Waals surface area (Å²) in [7, 11) is -3.37. The fourth-order valence-corrected chi connectivity index (χ4v) is 2.92. The lowest BCUT2D eigenvalue weighted by Gasteiger charge is -2.16. The van der Waals surface area contributed by atoms with Gasteiger partial charge < -0.3 is 4.74 Å². The van der Waals surface area contributed by atoms with Gasteiger partial charge in [0.2, 0.25) is 10.0 Å². The second-order valence-corrected chi connectivity index (χ2v) is 5.93. The molecule has 1 aromatic rings. The lowest BCUT2D eigenvalue weighted by molar-refractivity contribution is 0.163. The Kier molecular flexibility index (Phi) is 6.63. The molecule has 0 aromatic heterocycles. The maximum atomic E-state index is 11.8. The van der Waals surface area contributed by atoms with Crippen molar-refractivity contribution in [1.82, 2.24) is 4.72 Å². The highest BCUT2D eigenvalue weighted by atomic mass is 35.5. The highest BCUT2D eigenvalue weighted by molar-refractivity contribution is 7.89. The Balaban J connectivity index is 2.63. The molecule has 0 saturated carbocycles. The van der Waals surface area contributed by atoms with Gasteiger partial charge in [-0.2, -0.15) is 0 Å². The van der Waals surface area contributed by atoms with Crippen LogP contribution < -0.4 is 4.72 Å². The summed E-state index contributed by atoms with van der Waals surface area (Å²) >= 11 is 5.81. The van der Waals surface area contributed by atoms with Gasteiger partial charge in [0.1, 0.15) is 0 Å². The maximum absolute atomic E-state index is 11.8. The number of benzene rings is 1. The number of hydrogen-bond acceptors (Lipinski definition) is 3. The van der Waals surface area contributed by atoms with Crippen molar-refractivity contribution in [3.05, 3.63) is 35.9 Å². The van der Waals surface area contributed by atoms with Crippen LogP contribution in [0.2, 0.25) is 0 Å². The molecule has 0 heterocycles. The molecule has 0 amide bonds. The molecule has 0 aliphatic rings. The van der Waals surface area contributed by atoms with Gasteiger partial charge in [0.15, 0.2) is 0 Å². The molecule has 1 atom stereocenters. The molecule has 102 valence electrons. The van der Waals surface area contributed by atoms with Gasteiger partial charge in [-0.05, 0) is 12.5 Å². The molecule has 0 bridgehead atoms. The smallest absolute Gasteiger partial charge is 0.214 e. The highest BCUT2D eigenvalue weighted by Crippen LogP contribution is 2.15. The first-order chi connectivity index (χ1) is 8.59. The zero-order valence-electron chi connectivity index (χ0n) is 10.3. The van der Waals surface area contributed by atoms with Crippen molar-refractivity contribution < 1.29 is 13.2 Å². The van der Waals surface area contributed by atoms with Gasteiger partial charge in [-0.3, -0.25) is 0 Å². The molecule has 0 radical (unpaired) electrons. The number of ether oxygens (including phenoxy) is 1. The Morgan fingerprint density at radius 1 is 1.33 bits per heavy atom. The first-order valence-electron chi connectivity index (χ1n) is 5.77. The van der Waals surface area contributed by atoms with Gasteiger partial charge in [-0.25, -0.2) is 13.1 Å². The van der Waals surface area contributed by atoms with Crippen LogP contribution in [0, 0.1) is 0 Å². The third-order valence-electron chi connectivity index (χ3n) is 2.38. The summed E-state index contributed by atoms with van der Waals surface area (Å²) < 4.78 is 31.2. The van der Waals surface area contributed by atoms with Gasteiger partial charge >= 0.3 is 0 Å². The molecule has 1 aromatic carbocycles. The summed E-state index contributed by atoms with van der Waals surface area (Å²) in [5.41, 5.74) is 0.854. The summed E-state index contributed by atoms with van der Waals surface area (Å²) in [6.07, 6.45) is 0. The van der Waals surface area contributed by atoms with Crippen molar-refractivity contribution >= 4 is 21.6 Å². The number of rotatable bonds is 8. The van der Waals surface area contributed by atoms with E-state index in [1.807, 2.05) is 37.3 Å². The average molecular weight is 292 g/mol. The number of alkyl halides is 1. The predicted octanol–water partition coefficient (Wildman–Crippen LogP) is 1.92. The van der Waals surface area contributed by atoms with E-state index in [0.29, 0.717) is 6.61 Å². The van der Waals surface area contributed by atoms with E-state index in [4.69, 9.17) is 16.3 Å². The van der Waals surface area contributed by atoms with Crippen molar-refractivity contribution in [3.8, 4) is 0 Å². The van der Waals surface area contributed by atoms with Gasteiger partial charge in [0.25, 0.3) is 0 Å². The molecule has 1 unspecified atom stereocenters. The van der Waals surface area contributed by atoms with E-state index >= 15 is 0 Å². The van der Waals surface area contributed by atoms with E-state index in [2.05, 4.69) is 4.72 Å². The van der Waals surface area contributed by atoms with Crippen LogP contribution in [0.5, 0.6) is 0 Å². The summed E-state index contributed by atoms with van der Waals surface area (Å²) in [6, 6.07) is 8.86. The molecule has 0 aliphatic heterocycles. The van der Waals surface area contributed by atoms with Crippen LogP contribution in [0.3, 0.4) is 0 Å². The quantitative estimate of drug-likeness (QED) is 0.588. The first kappa shape index (κ1) is 15.4. The minimum absolute atomic E-state index is 0.0545. The first-order valence-corrected chi connectivity index (χ1v) is 7.96. The lowest BCUT2D eigenvalue weighted by Crippen LogP contribution is -2.33. The van der Waals surface area contributed by atoms with Crippen LogP contribution in [0.1, 0.15) is 18.5 Å². The fraction of sp³-hybridized carbons (Fsp3) is 0.500. The molecule has 4 nitrogen and oxygen atoms in total. The standard InChI is InChI=1S/C12H18ClNO3S/c1-2-17-8-9-18(15,16)14-12(10-13)11-6-4-3-5-7-11/h3-7,12,14H,2,8-10H2,1H3. The Bertz CT molecular complexity index is 436. The molecule has 6 heteroatoms. The van der Waals surface area contributed by atoms with E-state index in [9.17, 15) is 8.42 Å². The molecule has 18 heavy (non-hydrogen) atoms. The summed E-state index contributed by atoms with van der Waals surface area (Å²) in [4.78, 5) is 0. The Hall–Kier alpha value is -0.620. The zero-order chi connectivity index (χ0) is 13.4. The van der Waals surface area contributed by atoms with E-state index in [0.717, 1.165) is 5.56 Å². The van der Waals surface area contributed by atoms with Crippen LogP contribution in [-0.2, 0) is 14.8 Å². The van der Waals surface area contributed by atoms with Gasteiger partial charge in [0.05, 0.1) is 18.4 Å². The normalized spacial score (nSPS) is 13.4. The summed E-state index contributed by atoms with van der Waals surface area (Å²) in [5.74, 6) is 0.138. The Morgan fingerprint density at radius 3 is 2.56 bits per heavy atom. The number of hydrogen-bond donors (Lipinski definition) is 1. The highest BCUT2D eigenvalue weighted by Gasteiger charge is 2.18. The third kappa shape index (κ3) is 5.35. The van der Waals surface area contributed by atoms with Crippen LogP contribution in [-0.4, -0.2) is 33.3 Å². The monoisotopic (exact) mass is 291 g/mol. The molecule has 0 fully saturated rings. The van der Waals surface area contributed by atoms with Gasteiger partial charge in [-0.1, -0.05) is 30.3 Å². The molecule has 1 rings (SSSR count). The Morgan fingerprint density at radius 2 is 2.00 bits per heavy atom. The maximum Gasteiger partial charge on any atom is 0.214 e. The SMILES string of the molecule is CCOCCS(=O)(=O)NC(CCl)c1ccccc1. The van der Waals surface area contributed by atoms with Crippen molar-refractivity contribution in [1.29, 1.82) is 0 Å². The van der Waals surface area contributed by atoms with Gasteiger partial charge in [-0.15, -0.1) is 11.6 Å². The molecule has 0 spiro atoms. The van der Waals surface area contributed by atoms with Gasteiger partial charge in [0, 0.05) is 12.5 Å². The minimum atomic E-state index is -3.37. The van der Waals surface area contributed by atoms with Crippen LogP contribution in [0.15, 0.2) is 30.3 Å². The third-order valence-corrected chi connectivity index (χ3v) is 4.03. The Labute approximate surface area is 113 Å². The van der Waals surface area contributed by atoms with E-state index in [1.54, 1.807) is 0 Å². The largest absolute Gasteiger partial charge is 0.381 e. The molecule has 1 N–H and O–H groups in total. The zero-order valence-corrected chi connectivity index (χ0v) is 11.9. The van der Waals surface area contributed by atoms with Crippen molar-refractivity contribution in [2.24, 2.45) is 0 Å². The van der Waals surface area contributed by atoms with E-state index < -0.39 is 16.1 Å². The van der Waals surface area contributed by atoms with E-state index in [1.165, 1.54) is 0 Å². The average Bonchev–Trinajstić information content (AvgIpc) is 2.37. The minimum Gasteiger partial charge on any atom is -0.381 e. The fourth-order valence-electron chi connectivity index (χ4n) is 1.46. The molecule has 0 saturated heterocycles. The second-order valence-electron chi connectivity index (χ2n) is 3.75. The van der Waals surface area contributed by atoms with Crippen LogP contribution in [0.25, 0.3) is 0 Å². The second kappa shape index (κ2) is 7.74. The summed E-state index contributed by atoms with van der Waals surface area (Å²) in [6.45, 7) is 2.52. The molecular formula is C12H18ClNO3S. The van der Waals surface area contributed by atoms with Crippen LogP contribution in [0.4, 0.5) is 0 Å². The number of halogens is 1. The number of nitrogens with one attached hydrogen (secondary N) is 1. The van der Waals surface area contributed by atoms with Crippen LogP contribution >= 0.6 is 11.6 Å². The number of sulfonamides is 1. The van der Waals surface area contributed by atoms with E-state index in [-0.39, 0.29) is 18.2 Å². The lowest BCUT2D eigenvalue weighted by atomic mass is 10.1. The topological polar surface area (TPSA) is 55.4 Å². The molecule has 0 aliphatic carbocycles. The van der Waals surface area contributed by atoms with Crippen molar-refractivity contribution in [2.45, 2.75) is 13.0 Å². The van der Waals surface area contributed by atoms with Crippen molar-refractivity contribution in [2.75, 3.05) is 24.8 Å². The van der Waals surface area contributed by atoms with Crippen molar-refractivity contribution in [3.63, 3.8) is 0 Å². The predicted molar refractivity (Wildman–Crippen MR) is 73.3 cm³/mol. The molecular weight excluding hydrogens is 274 g/mol.